The van der Waals surface area contributed by atoms with Crippen LogP contribution in [0.4, 0.5) is 10.1 Å². The van der Waals surface area contributed by atoms with Gasteiger partial charge in [0.1, 0.15) is 11.4 Å². The summed E-state index contributed by atoms with van der Waals surface area (Å²) >= 11 is 0. The third kappa shape index (κ3) is 2.18. The average Bonchev–Trinajstić information content (AvgIpc) is 2.74. The van der Waals surface area contributed by atoms with Crippen LogP contribution in [-0.4, -0.2) is 28.3 Å². The molecule has 1 atom stereocenters. The summed E-state index contributed by atoms with van der Waals surface area (Å²) in [4.78, 5) is 23.9. The Morgan fingerprint density at radius 2 is 2.28 bits per heavy atom. The molecule has 0 aromatic heterocycles. The number of amides is 1. The zero-order valence-corrected chi connectivity index (χ0v) is 9.93. The van der Waals surface area contributed by atoms with Crippen LogP contribution in [0, 0.1) is 15.9 Å². The Bertz CT molecular complexity index is 504. The van der Waals surface area contributed by atoms with Crippen molar-refractivity contribution in [1.82, 2.24) is 4.90 Å². The molecule has 5 nitrogen and oxygen atoms in total. The van der Waals surface area contributed by atoms with Crippen LogP contribution in [0.2, 0.25) is 0 Å². The van der Waals surface area contributed by atoms with Gasteiger partial charge in [-0.3, -0.25) is 14.9 Å². The molecule has 96 valence electrons. The summed E-state index contributed by atoms with van der Waals surface area (Å²) in [5.74, 6) is -1.11. The Balaban J connectivity index is 2.40. The van der Waals surface area contributed by atoms with Gasteiger partial charge in [-0.15, -0.1) is 0 Å². The van der Waals surface area contributed by atoms with E-state index in [1.54, 1.807) is 4.90 Å². The monoisotopic (exact) mass is 252 g/mol. The fourth-order valence-corrected chi connectivity index (χ4v) is 2.23. The van der Waals surface area contributed by atoms with Gasteiger partial charge >= 0.3 is 0 Å². The first-order valence-corrected chi connectivity index (χ1v) is 5.75. The van der Waals surface area contributed by atoms with Crippen LogP contribution < -0.4 is 0 Å². The quantitative estimate of drug-likeness (QED) is 0.599. The standard InChI is InChI=1S/C12H13FN2O3/c1-8-3-2-6-14(8)12(16)10-7-9(13)4-5-11(10)15(17)18/h4-5,7-8H,2-3,6H2,1H3. The second kappa shape index (κ2) is 4.72. The predicted molar refractivity (Wildman–Crippen MR) is 62.8 cm³/mol. The summed E-state index contributed by atoms with van der Waals surface area (Å²) in [6.07, 6.45) is 1.74. The Hall–Kier alpha value is -1.98. The highest BCUT2D eigenvalue weighted by molar-refractivity contribution is 5.98. The first-order chi connectivity index (χ1) is 8.50. The van der Waals surface area contributed by atoms with Gasteiger partial charge in [0.25, 0.3) is 11.6 Å². The van der Waals surface area contributed by atoms with E-state index in [4.69, 9.17) is 0 Å². The SMILES string of the molecule is CC1CCCN1C(=O)c1cc(F)ccc1[N+](=O)[O-]. The lowest BCUT2D eigenvalue weighted by molar-refractivity contribution is -0.385. The van der Waals surface area contributed by atoms with Gasteiger partial charge in [-0.25, -0.2) is 4.39 Å². The second-order valence-electron chi connectivity index (χ2n) is 4.41. The van der Waals surface area contributed by atoms with E-state index < -0.39 is 16.6 Å². The molecule has 1 aliphatic rings. The highest BCUT2D eigenvalue weighted by Crippen LogP contribution is 2.25. The molecule has 1 aliphatic heterocycles. The van der Waals surface area contributed by atoms with Gasteiger partial charge in [-0.1, -0.05) is 0 Å². The molecule has 0 spiro atoms. The van der Waals surface area contributed by atoms with E-state index in [1.165, 1.54) is 0 Å². The third-order valence-electron chi connectivity index (χ3n) is 3.20. The summed E-state index contributed by atoms with van der Waals surface area (Å²) in [7, 11) is 0. The van der Waals surface area contributed by atoms with Crippen molar-refractivity contribution < 1.29 is 14.1 Å². The van der Waals surface area contributed by atoms with Crippen molar-refractivity contribution in [3.05, 3.63) is 39.7 Å². The molecule has 0 N–H and O–H groups in total. The first-order valence-electron chi connectivity index (χ1n) is 5.75. The Morgan fingerprint density at radius 3 is 2.83 bits per heavy atom. The molecule has 0 radical (unpaired) electrons. The lowest BCUT2D eigenvalue weighted by Crippen LogP contribution is -2.34. The zero-order valence-electron chi connectivity index (χ0n) is 9.93. The number of halogens is 1. The smallest absolute Gasteiger partial charge is 0.282 e. The predicted octanol–water partition coefficient (Wildman–Crippen LogP) is 2.36. The number of nitrogens with zero attached hydrogens (tertiary/aromatic N) is 2. The van der Waals surface area contributed by atoms with Crippen molar-refractivity contribution >= 4 is 11.6 Å². The number of likely N-dealkylation sites (tertiary alicyclic amines) is 1. The topological polar surface area (TPSA) is 63.5 Å². The van der Waals surface area contributed by atoms with E-state index in [1.807, 2.05) is 6.92 Å². The molecule has 1 amide bonds. The molecule has 1 aromatic rings. The molecule has 0 saturated carbocycles. The maximum Gasteiger partial charge on any atom is 0.282 e. The van der Waals surface area contributed by atoms with Gasteiger partial charge in [0.15, 0.2) is 0 Å². The molecule has 0 aliphatic carbocycles. The summed E-state index contributed by atoms with van der Waals surface area (Å²) in [6.45, 7) is 2.45. The number of nitro groups is 1. The molecule has 1 aromatic carbocycles. The van der Waals surface area contributed by atoms with E-state index in [0.29, 0.717) is 6.54 Å². The van der Waals surface area contributed by atoms with Gasteiger partial charge in [0, 0.05) is 18.7 Å². The molecule has 1 unspecified atom stereocenters. The van der Waals surface area contributed by atoms with E-state index in [-0.39, 0.29) is 17.3 Å². The van der Waals surface area contributed by atoms with Gasteiger partial charge in [-0.2, -0.15) is 0 Å². The highest BCUT2D eigenvalue weighted by atomic mass is 19.1. The minimum atomic E-state index is -0.659. The van der Waals surface area contributed by atoms with Crippen LogP contribution in [-0.2, 0) is 0 Å². The van der Waals surface area contributed by atoms with Gasteiger partial charge in [0.2, 0.25) is 0 Å². The fourth-order valence-electron chi connectivity index (χ4n) is 2.23. The number of carbonyl (C=O) groups excluding carboxylic acids is 1. The lowest BCUT2D eigenvalue weighted by Gasteiger charge is -2.21. The normalized spacial score (nSPS) is 19.0. The minimum absolute atomic E-state index is 0.0420. The number of hydrogen-bond acceptors (Lipinski definition) is 3. The van der Waals surface area contributed by atoms with E-state index >= 15 is 0 Å². The Morgan fingerprint density at radius 1 is 1.56 bits per heavy atom. The van der Waals surface area contributed by atoms with Crippen LogP contribution in [0.5, 0.6) is 0 Å². The van der Waals surface area contributed by atoms with Crippen molar-refractivity contribution in [3.8, 4) is 0 Å². The van der Waals surface area contributed by atoms with Crippen LogP contribution >= 0.6 is 0 Å². The van der Waals surface area contributed by atoms with Gasteiger partial charge in [0.05, 0.1) is 4.92 Å². The molecule has 1 heterocycles. The Labute approximate surface area is 103 Å². The average molecular weight is 252 g/mol. The van der Waals surface area contributed by atoms with Crippen LogP contribution in [0.15, 0.2) is 18.2 Å². The van der Waals surface area contributed by atoms with E-state index in [0.717, 1.165) is 31.0 Å². The first kappa shape index (κ1) is 12.5. The summed E-state index contributed by atoms with van der Waals surface area (Å²) in [6, 6.07) is 3.00. The third-order valence-corrected chi connectivity index (χ3v) is 3.20. The zero-order chi connectivity index (χ0) is 13.3. The van der Waals surface area contributed by atoms with Gasteiger partial charge in [-0.05, 0) is 31.9 Å². The van der Waals surface area contributed by atoms with Crippen molar-refractivity contribution in [2.45, 2.75) is 25.8 Å². The van der Waals surface area contributed by atoms with Crippen molar-refractivity contribution in [2.75, 3.05) is 6.54 Å². The molecule has 0 bridgehead atoms. The van der Waals surface area contributed by atoms with E-state index in [2.05, 4.69) is 0 Å². The number of rotatable bonds is 2. The van der Waals surface area contributed by atoms with Crippen molar-refractivity contribution in [1.29, 1.82) is 0 Å². The highest BCUT2D eigenvalue weighted by Gasteiger charge is 2.30. The number of carbonyl (C=O) groups is 1. The van der Waals surface area contributed by atoms with E-state index in [9.17, 15) is 19.3 Å². The van der Waals surface area contributed by atoms with Crippen LogP contribution in [0.3, 0.4) is 0 Å². The molecule has 2 rings (SSSR count). The maximum absolute atomic E-state index is 13.2. The molecule has 18 heavy (non-hydrogen) atoms. The van der Waals surface area contributed by atoms with Crippen molar-refractivity contribution in [3.63, 3.8) is 0 Å². The largest absolute Gasteiger partial charge is 0.336 e. The van der Waals surface area contributed by atoms with Gasteiger partial charge < -0.3 is 4.90 Å². The van der Waals surface area contributed by atoms with Crippen LogP contribution in [0.1, 0.15) is 30.1 Å². The fraction of sp³-hybridized carbons (Fsp3) is 0.417. The summed E-state index contributed by atoms with van der Waals surface area (Å²) in [5, 5.41) is 10.8. The maximum atomic E-state index is 13.2. The Kier molecular flexibility index (Phi) is 3.27. The lowest BCUT2D eigenvalue weighted by atomic mass is 10.1. The minimum Gasteiger partial charge on any atom is -0.336 e. The summed E-state index contributed by atoms with van der Waals surface area (Å²) in [5.41, 5.74) is -0.519. The number of hydrogen-bond donors (Lipinski definition) is 0. The molecule has 6 heteroatoms. The second-order valence-corrected chi connectivity index (χ2v) is 4.41. The molecular formula is C12H13FN2O3. The number of nitro benzene ring substituents is 1. The van der Waals surface area contributed by atoms with Crippen molar-refractivity contribution in [2.24, 2.45) is 0 Å². The molecule has 1 fully saturated rings. The molecular weight excluding hydrogens is 239 g/mol. The summed E-state index contributed by atoms with van der Waals surface area (Å²) < 4.78 is 13.2. The number of benzene rings is 1. The molecule has 1 saturated heterocycles. The van der Waals surface area contributed by atoms with Crippen LogP contribution in [0.25, 0.3) is 0 Å².